The Hall–Kier alpha value is -2.40. The van der Waals surface area contributed by atoms with Crippen LogP contribution in [0, 0.1) is 5.82 Å². The highest BCUT2D eigenvalue weighted by Crippen LogP contribution is 2.21. The third-order valence-electron chi connectivity index (χ3n) is 2.65. The van der Waals surface area contributed by atoms with Crippen LogP contribution < -0.4 is 15.8 Å². The van der Waals surface area contributed by atoms with Crippen LogP contribution in [0.3, 0.4) is 0 Å². The molecular formula is C15H15FN2O2. The van der Waals surface area contributed by atoms with Crippen molar-refractivity contribution in [3.05, 3.63) is 59.9 Å². The van der Waals surface area contributed by atoms with Gasteiger partial charge >= 0.3 is 0 Å². The molecule has 0 saturated heterocycles. The van der Waals surface area contributed by atoms with Gasteiger partial charge < -0.3 is 15.8 Å². The van der Waals surface area contributed by atoms with Gasteiger partial charge in [0.05, 0.1) is 6.54 Å². The Balaban J connectivity index is 1.94. The molecule has 0 bridgehead atoms. The number of nitrogens with one attached hydrogen (secondary N) is 1. The van der Waals surface area contributed by atoms with Gasteiger partial charge in [0.2, 0.25) is 5.91 Å². The van der Waals surface area contributed by atoms with Gasteiger partial charge in [-0.25, -0.2) is 4.39 Å². The lowest BCUT2D eigenvalue weighted by Gasteiger charge is -2.07. The maximum absolute atomic E-state index is 12.8. The minimum absolute atomic E-state index is 0.0221. The Morgan fingerprint density at radius 2 is 1.60 bits per heavy atom. The smallest absolute Gasteiger partial charge is 0.234 e. The third kappa shape index (κ3) is 4.07. The molecule has 1 amide bonds. The van der Waals surface area contributed by atoms with Crippen LogP contribution in [-0.2, 0) is 11.3 Å². The monoisotopic (exact) mass is 274 g/mol. The topological polar surface area (TPSA) is 64.4 Å². The second-order valence-corrected chi connectivity index (χ2v) is 4.18. The van der Waals surface area contributed by atoms with Gasteiger partial charge in [-0.3, -0.25) is 4.79 Å². The Bertz CT molecular complexity index is 567. The predicted molar refractivity (Wildman–Crippen MR) is 73.8 cm³/mol. The van der Waals surface area contributed by atoms with Crippen molar-refractivity contribution >= 4 is 5.91 Å². The summed E-state index contributed by atoms with van der Waals surface area (Å²) in [7, 11) is 0. The van der Waals surface area contributed by atoms with Crippen molar-refractivity contribution in [1.29, 1.82) is 0 Å². The highest BCUT2D eigenvalue weighted by molar-refractivity contribution is 5.77. The van der Waals surface area contributed by atoms with Crippen molar-refractivity contribution in [3.8, 4) is 11.5 Å². The second kappa shape index (κ2) is 6.68. The van der Waals surface area contributed by atoms with E-state index in [1.54, 1.807) is 24.3 Å². The summed E-state index contributed by atoms with van der Waals surface area (Å²) in [6.45, 7) is 0.401. The first-order valence-electron chi connectivity index (χ1n) is 6.16. The molecule has 5 heteroatoms. The minimum Gasteiger partial charge on any atom is -0.457 e. The standard InChI is InChI=1S/C15H15FN2O2/c16-12-3-7-14(8-4-12)20-13-5-1-11(2-6-13)10-18-15(19)9-17/h1-8H,9-10,17H2,(H,18,19). The van der Waals surface area contributed by atoms with Crippen LogP contribution in [0.15, 0.2) is 48.5 Å². The highest BCUT2D eigenvalue weighted by Gasteiger charge is 2.00. The Labute approximate surface area is 116 Å². The van der Waals surface area contributed by atoms with E-state index in [-0.39, 0.29) is 18.3 Å². The summed E-state index contributed by atoms with van der Waals surface area (Å²) in [4.78, 5) is 11.0. The van der Waals surface area contributed by atoms with Crippen molar-refractivity contribution in [2.45, 2.75) is 6.54 Å². The van der Waals surface area contributed by atoms with Gasteiger partial charge in [-0.15, -0.1) is 0 Å². The molecule has 0 aromatic heterocycles. The maximum Gasteiger partial charge on any atom is 0.234 e. The van der Waals surface area contributed by atoms with E-state index >= 15 is 0 Å². The van der Waals surface area contributed by atoms with Gasteiger partial charge in [0.1, 0.15) is 17.3 Å². The van der Waals surface area contributed by atoms with E-state index in [0.717, 1.165) is 5.56 Å². The van der Waals surface area contributed by atoms with Crippen LogP contribution in [0.1, 0.15) is 5.56 Å². The zero-order valence-electron chi connectivity index (χ0n) is 10.8. The van der Waals surface area contributed by atoms with Gasteiger partial charge in [0, 0.05) is 6.54 Å². The molecule has 0 unspecified atom stereocenters. The minimum atomic E-state index is -0.302. The number of carbonyl (C=O) groups excluding carboxylic acids is 1. The third-order valence-corrected chi connectivity index (χ3v) is 2.65. The van der Waals surface area contributed by atoms with Crippen LogP contribution >= 0.6 is 0 Å². The van der Waals surface area contributed by atoms with Gasteiger partial charge in [-0.05, 0) is 42.0 Å². The summed E-state index contributed by atoms with van der Waals surface area (Å²) in [6, 6.07) is 13.1. The molecule has 2 rings (SSSR count). The van der Waals surface area contributed by atoms with E-state index in [0.29, 0.717) is 18.0 Å². The van der Waals surface area contributed by atoms with E-state index in [1.165, 1.54) is 12.1 Å². The van der Waals surface area contributed by atoms with Crippen LogP contribution in [0.5, 0.6) is 11.5 Å². The van der Waals surface area contributed by atoms with E-state index in [4.69, 9.17) is 10.5 Å². The van der Waals surface area contributed by atoms with Gasteiger partial charge in [-0.1, -0.05) is 12.1 Å². The van der Waals surface area contributed by atoms with Crippen molar-refractivity contribution in [2.75, 3.05) is 6.54 Å². The van der Waals surface area contributed by atoms with Crippen molar-refractivity contribution < 1.29 is 13.9 Å². The fourth-order valence-electron chi connectivity index (χ4n) is 1.59. The zero-order chi connectivity index (χ0) is 14.4. The van der Waals surface area contributed by atoms with Crippen molar-refractivity contribution in [1.82, 2.24) is 5.32 Å². The molecule has 0 aliphatic carbocycles. The second-order valence-electron chi connectivity index (χ2n) is 4.18. The molecule has 0 heterocycles. The van der Waals surface area contributed by atoms with Gasteiger partial charge in [0.15, 0.2) is 0 Å². The molecule has 3 N–H and O–H groups in total. The van der Waals surface area contributed by atoms with Crippen LogP contribution in [0.2, 0.25) is 0 Å². The van der Waals surface area contributed by atoms with E-state index in [1.807, 2.05) is 12.1 Å². The fourth-order valence-corrected chi connectivity index (χ4v) is 1.59. The lowest BCUT2D eigenvalue weighted by molar-refractivity contribution is -0.119. The summed E-state index contributed by atoms with van der Waals surface area (Å²) in [6.07, 6.45) is 0. The summed E-state index contributed by atoms with van der Waals surface area (Å²) in [5.41, 5.74) is 6.14. The van der Waals surface area contributed by atoms with Crippen LogP contribution in [0.4, 0.5) is 4.39 Å². The molecule has 0 aliphatic heterocycles. The molecule has 0 atom stereocenters. The average Bonchev–Trinajstić information content (AvgIpc) is 2.48. The molecule has 2 aromatic rings. The largest absolute Gasteiger partial charge is 0.457 e. The van der Waals surface area contributed by atoms with E-state index in [9.17, 15) is 9.18 Å². The highest BCUT2D eigenvalue weighted by atomic mass is 19.1. The summed E-state index contributed by atoms with van der Waals surface area (Å²) >= 11 is 0. The lowest BCUT2D eigenvalue weighted by atomic mass is 10.2. The molecule has 0 aliphatic rings. The summed E-state index contributed by atoms with van der Waals surface area (Å²) in [5.74, 6) is 0.709. The molecule has 0 fully saturated rings. The zero-order valence-corrected chi connectivity index (χ0v) is 10.8. The number of rotatable bonds is 5. The molecule has 20 heavy (non-hydrogen) atoms. The molecule has 4 nitrogen and oxygen atoms in total. The van der Waals surface area contributed by atoms with Crippen molar-refractivity contribution in [3.63, 3.8) is 0 Å². The maximum atomic E-state index is 12.8. The molecule has 104 valence electrons. The van der Waals surface area contributed by atoms with E-state index in [2.05, 4.69) is 5.32 Å². The average molecular weight is 274 g/mol. The predicted octanol–water partition coefficient (Wildman–Crippen LogP) is 2.19. The first kappa shape index (κ1) is 14.0. The number of halogens is 1. The van der Waals surface area contributed by atoms with Gasteiger partial charge in [0.25, 0.3) is 0 Å². The number of nitrogens with two attached hydrogens (primary N) is 1. The SMILES string of the molecule is NCC(=O)NCc1ccc(Oc2ccc(F)cc2)cc1. The Morgan fingerprint density at radius 1 is 1.05 bits per heavy atom. The summed E-state index contributed by atoms with van der Waals surface area (Å²) in [5, 5.41) is 2.68. The Morgan fingerprint density at radius 3 is 2.15 bits per heavy atom. The molecular weight excluding hydrogens is 259 g/mol. The molecule has 0 saturated carbocycles. The normalized spacial score (nSPS) is 10.1. The first-order valence-corrected chi connectivity index (χ1v) is 6.16. The summed E-state index contributed by atoms with van der Waals surface area (Å²) < 4.78 is 18.3. The number of hydrogen-bond acceptors (Lipinski definition) is 3. The number of ether oxygens (including phenoxy) is 1. The number of amides is 1. The first-order chi connectivity index (χ1) is 9.67. The lowest BCUT2D eigenvalue weighted by Crippen LogP contribution is -2.29. The number of hydrogen-bond donors (Lipinski definition) is 2. The molecule has 0 radical (unpaired) electrons. The number of benzene rings is 2. The fraction of sp³-hybridized carbons (Fsp3) is 0.133. The molecule has 2 aromatic carbocycles. The number of carbonyl (C=O) groups is 1. The van der Waals surface area contributed by atoms with Crippen molar-refractivity contribution in [2.24, 2.45) is 5.73 Å². The van der Waals surface area contributed by atoms with E-state index < -0.39 is 0 Å². The Kier molecular flexibility index (Phi) is 4.68. The quantitative estimate of drug-likeness (QED) is 0.878. The van der Waals surface area contributed by atoms with Crippen LogP contribution in [-0.4, -0.2) is 12.5 Å². The molecule has 0 spiro atoms. The van der Waals surface area contributed by atoms with Gasteiger partial charge in [-0.2, -0.15) is 0 Å². The van der Waals surface area contributed by atoms with Crippen LogP contribution in [0.25, 0.3) is 0 Å².